The van der Waals surface area contributed by atoms with Gasteiger partial charge in [-0.25, -0.2) is 0 Å². The van der Waals surface area contributed by atoms with Crippen LogP contribution in [0.15, 0.2) is 206 Å². The monoisotopic (exact) mass is 774 g/mol. The quantitative estimate of drug-likeness (QED) is 0.163. The molecule has 0 fully saturated rings. The Balaban J connectivity index is 1.17. The van der Waals surface area contributed by atoms with Crippen LogP contribution >= 0.6 is 22.7 Å². The van der Waals surface area contributed by atoms with Gasteiger partial charge in [-0.2, -0.15) is 0 Å². The lowest BCUT2D eigenvalue weighted by Gasteiger charge is -2.28. The summed E-state index contributed by atoms with van der Waals surface area (Å²) in [6.45, 7) is 0. The van der Waals surface area contributed by atoms with Crippen LogP contribution in [0.2, 0.25) is 0 Å². The Morgan fingerprint density at radius 3 is 1.57 bits per heavy atom. The second kappa shape index (κ2) is 13.3. The molecule has 0 aliphatic heterocycles. The van der Waals surface area contributed by atoms with Crippen LogP contribution in [0, 0.1) is 0 Å². The van der Waals surface area contributed by atoms with Gasteiger partial charge in [0.2, 0.25) is 0 Å². The molecule has 0 saturated heterocycles. The smallest absolute Gasteiger partial charge is 0.0562 e. The molecule has 0 radical (unpaired) electrons. The van der Waals surface area contributed by atoms with Gasteiger partial charge in [-0.15, -0.1) is 22.7 Å². The number of nitrogens with zero attached hydrogens (tertiary/aromatic N) is 2. The minimum atomic E-state index is 1.11. The summed E-state index contributed by atoms with van der Waals surface area (Å²) in [6, 6.07) is 75.6. The van der Waals surface area contributed by atoms with Crippen LogP contribution in [0.3, 0.4) is 0 Å². The van der Waals surface area contributed by atoms with Crippen molar-refractivity contribution in [2.75, 3.05) is 4.90 Å². The average Bonchev–Trinajstić information content (AvgIpc) is 3.97. The van der Waals surface area contributed by atoms with E-state index in [2.05, 4.69) is 216 Å². The molecular weight excluding hydrogens is 741 g/mol. The highest BCUT2D eigenvalue weighted by atomic mass is 32.1. The maximum absolute atomic E-state index is 2.46. The molecule has 0 spiro atoms. The Bertz CT molecular complexity index is 3520. The van der Waals surface area contributed by atoms with E-state index in [1.807, 2.05) is 22.7 Å². The number of rotatable bonds is 6. The normalized spacial score (nSPS) is 11.8. The first-order valence-corrected chi connectivity index (χ1v) is 21.3. The molecule has 58 heavy (non-hydrogen) atoms. The van der Waals surface area contributed by atoms with E-state index >= 15 is 0 Å². The molecule has 0 aliphatic rings. The van der Waals surface area contributed by atoms with Crippen molar-refractivity contribution in [1.82, 2.24) is 4.57 Å². The predicted molar refractivity (Wildman–Crippen MR) is 252 cm³/mol. The van der Waals surface area contributed by atoms with Crippen LogP contribution in [0.1, 0.15) is 0 Å². The number of benzene rings is 9. The summed E-state index contributed by atoms with van der Waals surface area (Å²) in [4.78, 5) is 2.46. The third kappa shape index (κ3) is 5.09. The van der Waals surface area contributed by atoms with E-state index in [9.17, 15) is 0 Å². The van der Waals surface area contributed by atoms with Crippen LogP contribution in [-0.2, 0) is 0 Å². The van der Waals surface area contributed by atoms with E-state index in [1.165, 1.54) is 84.4 Å². The summed E-state index contributed by atoms with van der Waals surface area (Å²) in [5, 5.41) is 7.67. The zero-order chi connectivity index (χ0) is 38.2. The fourth-order valence-corrected chi connectivity index (χ4v) is 11.6. The maximum Gasteiger partial charge on any atom is 0.0562 e. The molecule has 0 amide bonds. The zero-order valence-corrected chi connectivity index (χ0v) is 33.0. The summed E-state index contributed by atoms with van der Waals surface area (Å²) in [7, 11) is 0. The fourth-order valence-electron chi connectivity index (χ4n) is 9.09. The first-order valence-electron chi connectivity index (χ1n) is 19.7. The van der Waals surface area contributed by atoms with Gasteiger partial charge in [-0.05, 0) is 77.9 Å². The SMILES string of the molecule is c1ccc(N(c2ccc(-c3cccc4c3sc3ccccc34)c(-c3cccc4c3sc3ccccc34)c2)c2cccc3c2c2ccccc2n3-c2ccccc2)cc1. The predicted octanol–water partition coefficient (Wildman–Crippen LogP) is 16.3. The first kappa shape index (κ1) is 33.2. The van der Waals surface area contributed by atoms with Crippen LogP contribution < -0.4 is 4.90 Å². The Hall–Kier alpha value is -6.98. The van der Waals surface area contributed by atoms with Gasteiger partial charge in [-0.1, -0.05) is 140 Å². The lowest BCUT2D eigenvalue weighted by atomic mass is 9.92. The second-order valence-electron chi connectivity index (χ2n) is 14.8. The van der Waals surface area contributed by atoms with Gasteiger partial charge in [0.25, 0.3) is 0 Å². The van der Waals surface area contributed by atoms with E-state index in [4.69, 9.17) is 0 Å². The van der Waals surface area contributed by atoms with E-state index in [0.29, 0.717) is 0 Å². The molecule has 0 unspecified atom stereocenters. The fraction of sp³-hybridized carbons (Fsp3) is 0. The second-order valence-corrected chi connectivity index (χ2v) is 16.9. The Labute approximate surface area is 343 Å². The van der Waals surface area contributed by atoms with E-state index < -0.39 is 0 Å². The summed E-state index contributed by atoms with van der Waals surface area (Å²) in [5.74, 6) is 0. The van der Waals surface area contributed by atoms with Crippen molar-refractivity contribution < 1.29 is 0 Å². The van der Waals surface area contributed by atoms with Crippen molar-refractivity contribution in [2.24, 2.45) is 0 Å². The summed E-state index contributed by atoms with van der Waals surface area (Å²) in [6.07, 6.45) is 0. The zero-order valence-electron chi connectivity index (χ0n) is 31.3. The lowest BCUT2D eigenvalue weighted by molar-refractivity contribution is 1.18. The van der Waals surface area contributed by atoms with Gasteiger partial charge in [0.1, 0.15) is 0 Å². The van der Waals surface area contributed by atoms with Crippen molar-refractivity contribution in [1.29, 1.82) is 0 Å². The van der Waals surface area contributed by atoms with Crippen molar-refractivity contribution in [3.63, 3.8) is 0 Å². The van der Waals surface area contributed by atoms with Gasteiger partial charge in [0, 0.05) is 79.3 Å². The number of hydrogen-bond donors (Lipinski definition) is 0. The van der Waals surface area contributed by atoms with E-state index in [0.717, 1.165) is 22.7 Å². The van der Waals surface area contributed by atoms with Gasteiger partial charge >= 0.3 is 0 Å². The van der Waals surface area contributed by atoms with Gasteiger partial charge in [-0.3, -0.25) is 0 Å². The Morgan fingerprint density at radius 2 is 0.879 bits per heavy atom. The number of para-hydroxylation sites is 3. The molecule has 0 bridgehead atoms. The largest absolute Gasteiger partial charge is 0.310 e. The molecule has 9 aromatic carbocycles. The molecule has 3 heterocycles. The molecule has 0 atom stereocenters. The van der Waals surface area contributed by atoms with Crippen molar-refractivity contribution >= 4 is 102 Å². The van der Waals surface area contributed by atoms with Crippen LogP contribution in [0.5, 0.6) is 0 Å². The maximum atomic E-state index is 2.46. The molecule has 12 aromatic rings. The summed E-state index contributed by atoms with van der Waals surface area (Å²) < 4.78 is 7.65. The Kier molecular flexibility index (Phi) is 7.62. The molecule has 2 nitrogen and oxygen atoms in total. The Morgan fingerprint density at radius 1 is 0.345 bits per heavy atom. The summed E-state index contributed by atoms with van der Waals surface area (Å²) >= 11 is 3.78. The standard InChI is InChI=1S/C54H34N2S2/c1-3-16-35(17-4-1)55(48-28-15-29-49-52(48)45-22-7-10-27-47(45)56(49)36-18-5-2-6-19-36)37-32-33-38(41-23-13-24-42-39-20-8-11-30-50(39)57-53(41)42)46(34-37)44-26-14-25-43-40-21-9-12-31-51(40)58-54(43)44/h1-34H. The highest BCUT2D eigenvalue weighted by molar-refractivity contribution is 7.26. The first-order chi connectivity index (χ1) is 28.8. The van der Waals surface area contributed by atoms with E-state index in [1.54, 1.807) is 0 Å². The number of thiophene rings is 2. The van der Waals surface area contributed by atoms with Crippen molar-refractivity contribution in [3.8, 4) is 27.9 Å². The van der Waals surface area contributed by atoms with Crippen LogP contribution in [0.25, 0.3) is 90.1 Å². The third-order valence-corrected chi connectivity index (χ3v) is 14.0. The number of aromatic nitrogens is 1. The molecule has 4 heteroatoms. The molecule has 0 saturated carbocycles. The van der Waals surface area contributed by atoms with Crippen LogP contribution in [0.4, 0.5) is 17.1 Å². The van der Waals surface area contributed by atoms with Gasteiger partial charge < -0.3 is 9.47 Å². The van der Waals surface area contributed by atoms with Crippen LogP contribution in [-0.4, -0.2) is 4.57 Å². The van der Waals surface area contributed by atoms with Gasteiger partial charge in [0.15, 0.2) is 0 Å². The van der Waals surface area contributed by atoms with Crippen molar-refractivity contribution in [2.45, 2.75) is 0 Å². The average molecular weight is 775 g/mol. The number of hydrogen-bond acceptors (Lipinski definition) is 3. The number of anilines is 3. The third-order valence-electron chi connectivity index (χ3n) is 11.6. The lowest BCUT2D eigenvalue weighted by Crippen LogP contribution is -2.10. The minimum Gasteiger partial charge on any atom is -0.310 e. The van der Waals surface area contributed by atoms with Crippen molar-refractivity contribution in [3.05, 3.63) is 206 Å². The topological polar surface area (TPSA) is 8.17 Å². The molecule has 0 aliphatic carbocycles. The highest BCUT2D eigenvalue weighted by Gasteiger charge is 2.24. The van der Waals surface area contributed by atoms with E-state index in [-0.39, 0.29) is 0 Å². The molecule has 272 valence electrons. The molecular formula is C54H34N2S2. The molecule has 12 rings (SSSR count). The highest BCUT2D eigenvalue weighted by Crippen LogP contribution is 2.50. The number of fused-ring (bicyclic) bond motifs is 9. The minimum absolute atomic E-state index is 1.11. The molecule has 3 aromatic heterocycles. The summed E-state index contributed by atoms with van der Waals surface area (Å²) in [5.41, 5.74) is 11.8. The van der Waals surface area contributed by atoms with Gasteiger partial charge in [0.05, 0.1) is 16.7 Å². The molecule has 0 N–H and O–H groups in total.